The van der Waals surface area contributed by atoms with E-state index in [1.807, 2.05) is 35.8 Å². The van der Waals surface area contributed by atoms with Crippen molar-refractivity contribution < 1.29 is 9.59 Å². The standard InChI is InChI=1S/C19H22N4O2/c1-12-5-4-6-14(11-12)21-19(25)17-22-16(18(24)20-13-8-9-13)15-7-2-3-10-23(15)17/h4-6,11,13H,2-3,7-10H2,1H3,(H,20,24)(H,21,25). The Kier molecular flexibility index (Phi) is 4.03. The minimum atomic E-state index is -0.265. The SMILES string of the molecule is Cc1cccc(NC(=O)c2nc(C(=O)NC3CC3)c3n2CCCC3)c1. The van der Waals surface area contributed by atoms with Gasteiger partial charge in [-0.05, 0) is 56.7 Å². The topological polar surface area (TPSA) is 76.0 Å². The summed E-state index contributed by atoms with van der Waals surface area (Å²) in [4.78, 5) is 29.7. The molecule has 0 saturated heterocycles. The predicted octanol–water partition coefficient (Wildman–Crippen LogP) is 2.67. The fourth-order valence-electron chi connectivity index (χ4n) is 3.29. The number of fused-ring (bicyclic) bond motifs is 1. The molecule has 1 fully saturated rings. The van der Waals surface area contributed by atoms with Crippen molar-refractivity contribution in [1.29, 1.82) is 0 Å². The van der Waals surface area contributed by atoms with Gasteiger partial charge in [0.15, 0.2) is 5.82 Å². The summed E-state index contributed by atoms with van der Waals surface area (Å²) in [6.45, 7) is 2.71. The second-order valence-electron chi connectivity index (χ2n) is 6.91. The summed E-state index contributed by atoms with van der Waals surface area (Å²) in [5, 5.41) is 5.88. The van der Waals surface area contributed by atoms with Gasteiger partial charge in [-0.15, -0.1) is 0 Å². The third-order valence-corrected chi connectivity index (χ3v) is 4.72. The molecule has 2 aliphatic rings. The maximum Gasteiger partial charge on any atom is 0.291 e. The largest absolute Gasteiger partial charge is 0.348 e. The van der Waals surface area contributed by atoms with Crippen LogP contribution in [0.4, 0.5) is 5.69 Å². The third kappa shape index (κ3) is 3.29. The average Bonchev–Trinajstić information content (AvgIpc) is 3.32. The molecule has 4 rings (SSSR count). The van der Waals surface area contributed by atoms with Gasteiger partial charge >= 0.3 is 0 Å². The highest BCUT2D eigenvalue weighted by Gasteiger charge is 2.30. The number of hydrogen-bond acceptors (Lipinski definition) is 3. The van der Waals surface area contributed by atoms with Gasteiger partial charge in [0.2, 0.25) is 0 Å². The molecule has 1 aliphatic carbocycles. The van der Waals surface area contributed by atoms with Gasteiger partial charge in [0.1, 0.15) is 5.69 Å². The number of benzene rings is 1. The van der Waals surface area contributed by atoms with Crippen LogP contribution in [0.2, 0.25) is 0 Å². The lowest BCUT2D eigenvalue weighted by molar-refractivity contribution is 0.0945. The predicted molar refractivity (Wildman–Crippen MR) is 94.8 cm³/mol. The van der Waals surface area contributed by atoms with Crippen molar-refractivity contribution in [1.82, 2.24) is 14.9 Å². The zero-order valence-electron chi connectivity index (χ0n) is 14.3. The molecular weight excluding hydrogens is 316 g/mol. The van der Waals surface area contributed by atoms with E-state index >= 15 is 0 Å². The molecule has 1 aliphatic heterocycles. The number of aryl methyl sites for hydroxylation is 1. The molecule has 0 spiro atoms. The van der Waals surface area contributed by atoms with Gasteiger partial charge in [-0.25, -0.2) is 4.98 Å². The van der Waals surface area contributed by atoms with Crippen molar-refractivity contribution in [2.45, 2.75) is 51.6 Å². The fourth-order valence-corrected chi connectivity index (χ4v) is 3.29. The second kappa shape index (κ2) is 6.35. The minimum Gasteiger partial charge on any atom is -0.348 e. The van der Waals surface area contributed by atoms with Crippen molar-refractivity contribution in [3.8, 4) is 0 Å². The highest BCUT2D eigenvalue weighted by Crippen LogP contribution is 2.24. The monoisotopic (exact) mass is 338 g/mol. The van der Waals surface area contributed by atoms with E-state index in [2.05, 4.69) is 15.6 Å². The number of amides is 2. The quantitative estimate of drug-likeness (QED) is 0.900. The molecule has 2 N–H and O–H groups in total. The molecule has 2 amide bonds. The van der Waals surface area contributed by atoms with Crippen molar-refractivity contribution in [2.75, 3.05) is 5.32 Å². The maximum atomic E-state index is 12.7. The molecule has 1 saturated carbocycles. The molecule has 6 nitrogen and oxygen atoms in total. The molecule has 6 heteroatoms. The number of imidazole rings is 1. The molecule has 2 aromatic rings. The van der Waals surface area contributed by atoms with Crippen LogP contribution in [0.5, 0.6) is 0 Å². The molecule has 1 aromatic carbocycles. The lowest BCUT2D eigenvalue weighted by atomic mass is 10.1. The molecule has 25 heavy (non-hydrogen) atoms. The lowest BCUT2D eigenvalue weighted by Crippen LogP contribution is -2.27. The fraction of sp³-hybridized carbons (Fsp3) is 0.421. The molecule has 2 heterocycles. The first-order valence-corrected chi connectivity index (χ1v) is 8.90. The summed E-state index contributed by atoms with van der Waals surface area (Å²) in [6.07, 6.45) is 4.87. The van der Waals surface area contributed by atoms with Gasteiger partial charge in [0.05, 0.1) is 5.69 Å². The van der Waals surface area contributed by atoms with Crippen molar-refractivity contribution >= 4 is 17.5 Å². The summed E-state index contributed by atoms with van der Waals surface area (Å²) >= 11 is 0. The number of carbonyl (C=O) groups excluding carboxylic acids is 2. The number of rotatable bonds is 4. The van der Waals surface area contributed by atoms with E-state index in [4.69, 9.17) is 0 Å². The molecule has 0 radical (unpaired) electrons. The van der Waals surface area contributed by atoms with E-state index in [0.717, 1.165) is 55.6 Å². The summed E-state index contributed by atoms with van der Waals surface area (Å²) in [7, 11) is 0. The van der Waals surface area contributed by atoms with Crippen LogP contribution in [0.15, 0.2) is 24.3 Å². The Morgan fingerprint density at radius 2 is 2.04 bits per heavy atom. The molecule has 0 unspecified atom stereocenters. The Hall–Kier alpha value is -2.63. The minimum absolute atomic E-state index is 0.150. The van der Waals surface area contributed by atoms with Crippen LogP contribution >= 0.6 is 0 Å². The highest BCUT2D eigenvalue weighted by molar-refractivity contribution is 6.03. The highest BCUT2D eigenvalue weighted by atomic mass is 16.2. The molecular formula is C19H22N4O2. The maximum absolute atomic E-state index is 12.7. The molecule has 0 bridgehead atoms. The van der Waals surface area contributed by atoms with Crippen LogP contribution in [-0.2, 0) is 13.0 Å². The number of hydrogen-bond donors (Lipinski definition) is 2. The lowest BCUT2D eigenvalue weighted by Gasteiger charge is -2.17. The number of carbonyl (C=O) groups is 2. The van der Waals surface area contributed by atoms with Crippen LogP contribution < -0.4 is 10.6 Å². The van der Waals surface area contributed by atoms with Gasteiger partial charge in [-0.2, -0.15) is 0 Å². The molecule has 0 atom stereocenters. The summed E-state index contributed by atoms with van der Waals surface area (Å²) in [5.41, 5.74) is 3.12. The van der Waals surface area contributed by atoms with E-state index in [-0.39, 0.29) is 17.9 Å². The Morgan fingerprint density at radius 1 is 1.20 bits per heavy atom. The van der Waals surface area contributed by atoms with E-state index in [0.29, 0.717) is 11.5 Å². The van der Waals surface area contributed by atoms with Crippen molar-refractivity contribution in [3.63, 3.8) is 0 Å². The number of aromatic nitrogens is 2. The average molecular weight is 338 g/mol. The van der Waals surface area contributed by atoms with Crippen LogP contribution in [-0.4, -0.2) is 27.4 Å². The van der Waals surface area contributed by atoms with Crippen LogP contribution in [0.25, 0.3) is 0 Å². The number of nitrogens with zero attached hydrogens (tertiary/aromatic N) is 2. The summed E-state index contributed by atoms with van der Waals surface area (Å²) < 4.78 is 1.91. The second-order valence-corrected chi connectivity index (χ2v) is 6.91. The Morgan fingerprint density at radius 3 is 2.80 bits per heavy atom. The van der Waals surface area contributed by atoms with Crippen LogP contribution in [0, 0.1) is 6.92 Å². The van der Waals surface area contributed by atoms with Gasteiger partial charge in [-0.1, -0.05) is 12.1 Å². The van der Waals surface area contributed by atoms with Gasteiger partial charge in [0.25, 0.3) is 11.8 Å². The Balaban J connectivity index is 1.63. The summed E-state index contributed by atoms with van der Waals surface area (Å²) in [5.74, 6) is -0.0841. The summed E-state index contributed by atoms with van der Waals surface area (Å²) in [6, 6.07) is 7.93. The zero-order chi connectivity index (χ0) is 17.4. The Bertz CT molecular complexity index is 836. The van der Waals surface area contributed by atoms with Crippen molar-refractivity contribution in [3.05, 3.63) is 47.0 Å². The number of nitrogens with one attached hydrogen (secondary N) is 2. The first kappa shape index (κ1) is 15.9. The van der Waals surface area contributed by atoms with E-state index in [9.17, 15) is 9.59 Å². The molecule has 130 valence electrons. The molecule has 1 aromatic heterocycles. The first-order chi connectivity index (χ1) is 12.1. The van der Waals surface area contributed by atoms with Gasteiger partial charge < -0.3 is 15.2 Å². The van der Waals surface area contributed by atoms with Gasteiger partial charge in [0, 0.05) is 18.3 Å². The van der Waals surface area contributed by atoms with E-state index in [1.54, 1.807) is 0 Å². The zero-order valence-corrected chi connectivity index (χ0v) is 14.3. The van der Waals surface area contributed by atoms with Crippen LogP contribution in [0.3, 0.4) is 0 Å². The smallest absolute Gasteiger partial charge is 0.291 e. The normalized spacial score (nSPS) is 16.2. The van der Waals surface area contributed by atoms with E-state index < -0.39 is 0 Å². The van der Waals surface area contributed by atoms with Crippen molar-refractivity contribution in [2.24, 2.45) is 0 Å². The number of anilines is 1. The van der Waals surface area contributed by atoms with Crippen LogP contribution in [0.1, 0.15) is 58.0 Å². The Labute approximate surface area is 146 Å². The first-order valence-electron chi connectivity index (χ1n) is 8.90. The third-order valence-electron chi connectivity index (χ3n) is 4.72. The van der Waals surface area contributed by atoms with Gasteiger partial charge in [-0.3, -0.25) is 9.59 Å². The van der Waals surface area contributed by atoms with E-state index in [1.165, 1.54) is 0 Å².